The van der Waals surface area contributed by atoms with E-state index in [-0.39, 0.29) is 23.0 Å². The molecule has 1 N–H and O–H groups in total. The van der Waals surface area contributed by atoms with Gasteiger partial charge in [0, 0.05) is 23.5 Å². The predicted octanol–water partition coefficient (Wildman–Crippen LogP) is 5.20. The molecule has 1 heterocycles. The number of amides is 2. The third-order valence-corrected chi connectivity index (χ3v) is 5.85. The summed E-state index contributed by atoms with van der Waals surface area (Å²) in [4.78, 5) is 32.5. The Hall–Kier alpha value is -3.61. The van der Waals surface area contributed by atoms with Crippen molar-refractivity contribution in [3.8, 4) is 0 Å². The molecule has 1 saturated carbocycles. The SMILES string of the molecule is O=C(NC1CCCCC1)[C@@H](c1ccccc1F)N(C(=O)c1ccccn1)c1cccc(F)c1. The number of anilines is 1. The van der Waals surface area contributed by atoms with E-state index in [4.69, 9.17) is 0 Å². The van der Waals surface area contributed by atoms with Crippen LogP contribution in [0.15, 0.2) is 72.9 Å². The minimum atomic E-state index is -1.34. The number of carbonyl (C=O) groups is 2. The van der Waals surface area contributed by atoms with Gasteiger partial charge >= 0.3 is 0 Å². The number of nitrogens with one attached hydrogen (secondary N) is 1. The van der Waals surface area contributed by atoms with Crippen LogP contribution >= 0.6 is 0 Å². The Labute approximate surface area is 191 Å². The van der Waals surface area contributed by atoms with Crippen LogP contribution < -0.4 is 10.2 Å². The predicted molar refractivity (Wildman–Crippen MR) is 122 cm³/mol. The molecule has 33 heavy (non-hydrogen) atoms. The standard InChI is InChI=1S/C26H25F2N3O2/c27-18-9-8-12-20(17-18)31(26(33)23-15-6-7-16-29-23)24(21-13-4-5-14-22(21)28)25(32)30-19-10-2-1-3-11-19/h4-9,12-17,19,24H,1-3,10-11H2,(H,30,32)/t24-/m1/s1. The van der Waals surface area contributed by atoms with E-state index in [1.165, 1.54) is 48.7 Å². The van der Waals surface area contributed by atoms with Crippen molar-refractivity contribution in [3.05, 3.63) is 95.8 Å². The monoisotopic (exact) mass is 449 g/mol. The van der Waals surface area contributed by atoms with E-state index in [0.29, 0.717) is 0 Å². The third-order valence-electron chi connectivity index (χ3n) is 5.85. The van der Waals surface area contributed by atoms with E-state index < -0.39 is 29.5 Å². The summed E-state index contributed by atoms with van der Waals surface area (Å²) in [6.45, 7) is 0. The highest BCUT2D eigenvalue weighted by atomic mass is 19.1. The van der Waals surface area contributed by atoms with Crippen molar-refractivity contribution in [1.82, 2.24) is 10.3 Å². The van der Waals surface area contributed by atoms with Crippen molar-refractivity contribution in [2.45, 2.75) is 44.2 Å². The summed E-state index contributed by atoms with van der Waals surface area (Å²) in [6, 6.07) is 14.6. The minimum absolute atomic E-state index is 0.0272. The van der Waals surface area contributed by atoms with Crippen LogP contribution in [-0.2, 0) is 4.79 Å². The van der Waals surface area contributed by atoms with E-state index in [1.807, 2.05) is 0 Å². The number of pyridine rings is 1. The van der Waals surface area contributed by atoms with Crippen molar-refractivity contribution in [2.75, 3.05) is 4.90 Å². The van der Waals surface area contributed by atoms with Gasteiger partial charge in [-0.1, -0.05) is 49.6 Å². The van der Waals surface area contributed by atoms with Gasteiger partial charge in [-0.15, -0.1) is 0 Å². The van der Waals surface area contributed by atoms with Gasteiger partial charge in [-0.3, -0.25) is 19.5 Å². The number of halogens is 2. The number of hydrogen-bond acceptors (Lipinski definition) is 3. The van der Waals surface area contributed by atoms with Crippen LogP contribution in [0.4, 0.5) is 14.5 Å². The molecule has 2 amide bonds. The van der Waals surface area contributed by atoms with Crippen LogP contribution in [0.3, 0.4) is 0 Å². The number of nitrogens with zero attached hydrogens (tertiary/aromatic N) is 2. The zero-order valence-electron chi connectivity index (χ0n) is 18.1. The molecule has 3 aromatic rings. The second-order valence-corrected chi connectivity index (χ2v) is 8.14. The van der Waals surface area contributed by atoms with E-state index in [2.05, 4.69) is 10.3 Å². The lowest BCUT2D eigenvalue weighted by Gasteiger charge is -2.33. The molecule has 1 fully saturated rings. The second-order valence-electron chi connectivity index (χ2n) is 8.14. The first-order valence-electron chi connectivity index (χ1n) is 11.1. The Morgan fingerprint density at radius 2 is 1.70 bits per heavy atom. The van der Waals surface area contributed by atoms with Crippen molar-refractivity contribution < 1.29 is 18.4 Å². The molecule has 1 aliphatic carbocycles. The summed E-state index contributed by atoms with van der Waals surface area (Å²) in [7, 11) is 0. The van der Waals surface area contributed by atoms with Crippen LogP contribution in [0.5, 0.6) is 0 Å². The van der Waals surface area contributed by atoms with Gasteiger partial charge in [-0.25, -0.2) is 8.78 Å². The maximum Gasteiger partial charge on any atom is 0.277 e. The number of aromatic nitrogens is 1. The number of rotatable bonds is 6. The van der Waals surface area contributed by atoms with Crippen LogP contribution in [0.2, 0.25) is 0 Å². The first-order chi connectivity index (χ1) is 16.0. The summed E-state index contributed by atoms with van der Waals surface area (Å²) in [6.07, 6.45) is 6.20. The molecule has 1 aliphatic rings. The maximum absolute atomic E-state index is 15.0. The molecule has 5 nitrogen and oxygen atoms in total. The van der Waals surface area contributed by atoms with Gasteiger partial charge in [0.1, 0.15) is 23.4 Å². The second kappa shape index (κ2) is 10.3. The lowest BCUT2D eigenvalue weighted by atomic mass is 9.94. The summed E-state index contributed by atoms with van der Waals surface area (Å²) in [5, 5.41) is 3.00. The molecule has 1 aromatic heterocycles. The van der Waals surface area contributed by atoms with Crippen molar-refractivity contribution >= 4 is 17.5 Å². The van der Waals surface area contributed by atoms with Crippen LogP contribution in [-0.4, -0.2) is 22.8 Å². The molecule has 0 radical (unpaired) electrons. The van der Waals surface area contributed by atoms with Crippen LogP contribution in [0.25, 0.3) is 0 Å². The van der Waals surface area contributed by atoms with Gasteiger partial charge in [0.05, 0.1) is 0 Å². The van der Waals surface area contributed by atoms with Crippen LogP contribution in [0.1, 0.15) is 54.2 Å². The first-order valence-corrected chi connectivity index (χ1v) is 11.1. The Balaban J connectivity index is 1.82. The molecule has 4 rings (SSSR count). The molecular weight excluding hydrogens is 424 g/mol. The average molecular weight is 450 g/mol. The van der Waals surface area contributed by atoms with E-state index in [0.717, 1.165) is 43.1 Å². The zero-order valence-corrected chi connectivity index (χ0v) is 18.1. The van der Waals surface area contributed by atoms with Crippen LogP contribution in [0, 0.1) is 11.6 Å². The van der Waals surface area contributed by atoms with Gasteiger partial charge in [-0.2, -0.15) is 0 Å². The molecule has 7 heteroatoms. The van der Waals surface area contributed by atoms with E-state index in [9.17, 15) is 18.4 Å². The molecule has 0 bridgehead atoms. The molecule has 0 saturated heterocycles. The maximum atomic E-state index is 15.0. The number of hydrogen-bond donors (Lipinski definition) is 1. The fourth-order valence-corrected chi connectivity index (χ4v) is 4.24. The highest BCUT2D eigenvalue weighted by Gasteiger charge is 2.36. The highest BCUT2D eigenvalue weighted by Crippen LogP contribution is 2.32. The Kier molecular flexibility index (Phi) is 7.07. The summed E-state index contributed by atoms with van der Waals surface area (Å²) >= 11 is 0. The van der Waals surface area contributed by atoms with E-state index >= 15 is 0 Å². The van der Waals surface area contributed by atoms with Gasteiger partial charge in [0.15, 0.2) is 0 Å². The van der Waals surface area contributed by atoms with Crippen molar-refractivity contribution in [2.24, 2.45) is 0 Å². The Bertz CT molecular complexity index is 1120. The molecule has 170 valence electrons. The fraction of sp³-hybridized carbons (Fsp3) is 0.269. The summed E-state index contributed by atoms with van der Waals surface area (Å²) in [5.74, 6) is -2.35. The largest absolute Gasteiger partial charge is 0.351 e. The number of carbonyl (C=O) groups excluding carboxylic acids is 2. The molecule has 0 unspecified atom stereocenters. The highest BCUT2D eigenvalue weighted by molar-refractivity contribution is 6.09. The van der Waals surface area contributed by atoms with Gasteiger partial charge in [0.25, 0.3) is 5.91 Å². The smallest absolute Gasteiger partial charge is 0.277 e. The zero-order chi connectivity index (χ0) is 23.2. The summed E-state index contributed by atoms with van der Waals surface area (Å²) in [5.41, 5.74) is 0.227. The topological polar surface area (TPSA) is 62.3 Å². The normalized spacial score (nSPS) is 15.0. The van der Waals surface area contributed by atoms with Gasteiger partial charge in [-0.05, 0) is 49.2 Å². The molecule has 0 spiro atoms. The van der Waals surface area contributed by atoms with Crippen molar-refractivity contribution in [1.29, 1.82) is 0 Å². The number of benzene rings is 2. The summed E-state index contributed by atoms with van der Waals surface area (Å²) < 4.78 is 29.2. The molecule has 0 aliphatic heterocycles. The average Bonchev–Trinajstić information content (AvgIpc) is 2.84. The van der Waals surface area contributed by atoms with E-state index in [1.54, 1.807) is 18.2 Å². The molecule has 2 aromatic carbocycles. The minimum Gasteiger partial charge on any atom is -0.351 e. The molecular formula is C26H25F2N3O2. The lowest BCUT2D eigenvalue weighted by molar-refractivity contribution is -0.123. The van der Waals surface area contributed by atoms with Gasteiger partial charge < -0.3 is 5.32 Å². The Morgan fingerprint density at radius 1 is 0.939 bits per heavy atom. The Morgan fingerprint density at radius 3 is 2.39 bits per heavy atom. The van der Waals surface area contributed by atoms with Crippen molar-refractivity contribution in [3.63, 3.8) is 0 Å². The molecule has 1 atom stereocenters. The first kappa shape index (κ1) is 22.6. The fourth-order valence-electron chi connectivity index (χ4n) is 4.24. The third kappa shape index (κ3) is 5.25. The quantitative estimate of drug-likeness (QED) is 0.563. The van der Waals surface area contributed by atoms with Gasteiger partial charge in [0.2, 0.25) is 5.91 Å². The lowest BCUT2D eigenvalue weighted by Crippen LogP contribution is -2.47.